The summed E-state index contributed by atoms with van der Waals surface area (Å²) in [5, 5.41) is 8.59. The first-order chi connectivity index (χ1) is 16.4. The molecular formula is C24H21ClFN5O2S. The third kappa shape index (κ3) is 4.28. The summed E-state index contributed by atoms with van der Waals surface area (Å²) in [6.07, 6.45) is 2.15. The molecule has 0 bridgehead atoms. The molecule has 1 aliphatic rings. The minimum absolute atomic E-state index is 0.257. The second-order valence-corrected chi connectivity index (χ2v) is 9.53. The first-order valence-electron chi connectivity index (χ1n) is 10.9. The summed E-state index contributed by atoms with van der Waals surface area (Å²) in [6.45, 7) is 3.27. The zero-order valence-corrected chi connectivity index (χ0v) is 19.9. The smallest absolute Gasteiger partial charge is 0.294 e. The molecule has 1 amide bonds. The molecule has 1 fully saturated rings. The molecule has 0 unspecified atom stereocenters. The largest absolute Gasteiger partial charge is 0.348 e. The molecule has 0 aliphatic carbocycles. The molecule has 174 valence electrons. The van der Waals surface area contributed by atoms with E-state index >= 15 is 0 Å². The lowest BCUT2D eigenvalue weighted by molar-refractivity contribution is -0.117. The highest BCUT2D eigenvalue weighted by Gasteiger charge is 2.23. The van der Waals surface area contributed by atoms with E-state index < -0.39 is 11.5 Å². The number of fused-ring (bicyclic) bond motifs is 1. The molecular weight excluding hydrogens is 477 g/mol. The van der Waals surface area contributed by atoms with Crippen LogP contribution < -0.4 is 15.8 Å². The van der Waals surface area contributed by atoms with E-state index in [1.165, 1.54) is 23.5 Å². The maximum Gasteiger partial charge on any atom is 0.294 e. The van der Waals surface area contributed by atoms with E-state index in [4.69, 9.17) is 11.6 Å². The summed E-state index contributed by atoms with van der Waals surface area (Å²) in [5.41, 5.74) is 2.24. The van der Waals surface area contributed by atoms with Crippen LogP contribution in [0.4, 0.5) is 15.2 Å². The molecule has 0 saturated carbocycles. The lowest BCUT2D eigenvalue weighted by Crippen LogP contribution is -2.30. The zero-order chi connectivity index (χ0) is 23.8. The van der Waals surface area contributed by atoms with Crippen molar-refractivity contribution in [3.63, 3.8) is 0 Å². The van der Waals surface area contributed by atoms with Gasteiger partial charge in [-0.15, -0.1) is 0 Å². The van der Waals surface area contributed by atoms with Crippen LogP contribution in [0.2, 0.25) is 5.02 Å². The third-order valence-corrected chi connectivity index (χ3v) is 7.35. The number of halogens is 2. The highest BCUT2D eigenvalue weighted by atomic mass is 35.5. The Hall–Kier alpha value is -3.30. The number of hydrogen-bond donors (Lipinski definition) is 1. The number of carbonyl (C=O) groups excluding carboxylic acids is 1. The minimum Gasteiger partial charge on any atom is -0.348 e. The molecule has 3 heterocycles. The highest BCUT2D eigenvalue weighted by molar-refractivity contribution is 7.22. The number of aromatic nitrogens is 3. The topological polar surface area (TPSA) is 80.1 Å². The molecule has 2 aromatic heterocycles. The molecule has 2 aromatic carbocycles. The van der Waals surface area contributed by atoms with Crippen molar-refractivity contribution in [1.29, 1.82) is 0 Å². The summed E-state index contributed by atoms with van der Waals surface area (Å²) < 4.78 is 15.3. The highest BCUT2D eigenvalue weighted by Crippen LogP contribution is 2.35. The number of rotatable bonds is 5. The molecule has 0 spiro atoms. The normalized spacial score (nSPS) is 13.6. The monoisotopic (exact) mass is 497 g/mol. The molecule has 1 N–H and O–H groups in total. The summed E-state index contributed by atoms with van der Waals surface area (Å²) in [7, 11) is 0. The van der Waals surface area contributed by atoms with Crippen LogP contribution in [0.5, 0.6) is 0 Å². The van der Waals surface area contributed by atoms with E-state index in [0.29, 0.717) is 26.7 Å². The predicted molar refractivity (Wildman–Crippen MR) is 133 cm³/mol. The summed E-state index contributed by atoms with van der Waals surface area (Å²) in [4.78, 5) is 32.9. The van der Waals surface area contributed by atoms with Crippen LogP contribution in [-0.2, 0) is 11.3 Å². The Morgan fingerprint density at radius 2 is 1.91 bits per heavy atom. The number of hydrogen-bond acceptors (Lipinski definition) is 6. The van der Waals surface area contributed by atoms with Crippen LogP contribution in [0.3, 0.4) is 0 Å². The van der Waals surface area contributed by atoms with Gasteiger partial charge in [0.1, 0.15) is 18.1 Å². The number of nitrogens with zero attached hydrogens (tertiary/aromatic N) is 4. The molecule has 1 aliphatic heterocycles. The minimum atomic E-state index is -0.444. The Morgan fingerprint density at radius 3 is 2.65 bits per heavy atom. The van der Waals surface area contributed by atoms with Crippen molar-refractivity contribution >= 4 is 49.9 Å². The molecule has 0 atom stereocenters. The van der Waals surface area contributed by atoms with Crippen LogP contribution in [0.15, 0.2) is 47.3 Å². The fourth-order valence-corrected chi connectivity index (χ4v) is 5.25. The number of thiazole rings is 1. The second-order valence-electron chi connectivity index (χ2n) is 8.15. The van der Waals surface area contributed by atoms with E-state index in [2.05, 4.69) is 20.3 Å². The average molecular weight is 498 g/mol. The Bertz CT molecular complexity index is 1440. The zero-order valence-electron chi connectivity index (χ0n) is 18.3. The van der Waals surface area contributed by atoms with Gasteiger partial charge in [0.2, 0.25) is 5.91 Å². The van der Waals surface area contributed by atoms with E-state index in [0.717, 1.165) is 41.3 Å². The Morgan fingerprint density at radius 1 is 1.18 bits per heavy atom. The van der Waals surface area contributed by atoms with Gasteiger partial charge in [0.15, 0.2) is 10.6 Å². The lowest BCUT2D eigenvalue weighted by Gasteiger charge is -2.11. The van der Waals surface area contributed by atoms with E-state index in [1.807, 2.05) is 0 Å². The van der Waals surface area contributed by atoms with Crippen LogP contribution in [0.1, 0.15) is 18.4 Å². The van der Waals surface area contributed by atoms with Crippen LogP contribution in [0, 0.1) is 12.7 Å². The Labute approximate surface area is 203 Å². The molecule has 1 saturated heterocycles. The van der Waals surface area contributed by atoms with Crippen molar-refractivity contribution in [2.75, 3.05) is 23.3 Å². The number of carbonyl (C=O) groups is 1. The van der Waals surface area contributed by atoms with Gasteiger partial charge in [-0.25, -0.2) is 14.1 Å². The molecule has 34 heavy (non-hydrogen) atoms. The molecule has 4 aromatic rings. The fourth-order valence-electron chi connectivity index (χ4n) is 3.96. The maximum absolute atomic E-state index is 13.6. The van der Waals surface area contributed by atoms with Crippen molar-refractivity contribution in [3.05, 3.63) is 69.2 Å². The van der Waals surface area contributed by atoms with E-state index in [9.17, 15) is 14.0 Å². The Kier molecular flexibility index (Phi) is 6.05. The van der Waals surface area contributed by atoms with Gasteiger partial charge in [-0.2, -0.15) is 5.10 Å². The fraction of sp³-hybridized carbons (Fsp3) is 0.250. The van der Waals surface area contributed by atoms with Crippen LogP contribution in [0.25, 0.3) is 21.5 Å². The van der Waals surface area contributed by atoms with Crippen molar-refractivity contribution in [2.45, 2.75) is 26.3 Å². The molecule has 5 rings (SSSR count). The number of amides is 1. The molecule has 10 heteroatoms. The van der Waals surface area contributed by atoms with Gasteiger partial charge in [0.25, 0.3) is 5.56 Å². The SMILES string of the molecule is Cc1c(Cl)cccc1NC(=O)Cn1nc(-c2ccc(F)cc2)c2sc(N3CCCC3)nc2c1=O. The average Bonchev–Trinajstić information content (AvgIpc) is 3.50. The van der Waals surface area contributed by atoms with Gasteiger partial charge >= 0.3 is 0 Å². The third-order valence-electron chi connectivity index (χ3n) is 5.82. The summed E-state index contributed by atoms with van der Waals surface area (Å²) in [5.74, 6) is -0.786. The number of nitrogens with one attached hydrogen (secondary N) is 1. The van der Waals surface area contributed by atoms with Gasteiger partial charge < -0.3 is 10.2 Å². The predicted octanol–water partition coefficient (Wildman–Crippen LogP) is 4.86. The summed E-state index contributed by atoms with van der Waals surface area (Å²) >= 11 is 7.55. The molecule has 0 radical (unpaired) electrons. The van der Waals surface area contributed by atoms with Crippen molar-refractivity contribution in [3.8, 4) is 11.3 Å². The van der Waals surface area contributed by atoms with E-state index in [-0.39, 0.29) is 17.9 Å². The quantitative estimate of drug-likeness (QED) is 0.426. The maximum atomic E-state index is 13.6. The van der Waals surface area contributed by atoms with Crippen LogP contribution >= 0.6 is 22.9 Å². The van der Waals surface area contributed by atoms with Crippen molar-refractivity contribution in [1.82, 2.24) is 14.8 Å². The summed E-state index contributed by atoms with van der Waals surface area (Å²) in [6, 6.07) is 11.1. The second kappa shape index (κ2) is 9.15. The van der Waals surface area contributed by atoms with Crippen LogP contribution in [-0.4, -0.2) is 33.8 Å². The number of anilines is 2. The Balaban J connectivity index is 1.56. The van der Waals surface area contributed by atoms with Gasteiger partial charge in [-0.1, -0.05) is 29.0 Å². The first kappa shape index (κ1) is 22.5. The van der Waals surface area contributed by atoms with Gasteiger partial charge in [-0.05, 0) is 61.7 Å². The van der Waals surface area contributed by atoms with E-state index in [1.54, 1.807) is 37.3 Å². The van der Waals surface area contributed by atoms with Crippen molar-refractivity contribution in [2.24, 2.45) is 0 Å². The molecule has 7 nitrogen and oxygen atoms in total. The van der Waals surface area contributed by atoms with Crippen molar-refractivity contribution < 1.29 is 9.18 Å². The standard InChI is InChI=1S/C24H21ClFN5O2S/c1-14-17(25)5-4-6-18(14)27-19(32)13-31-23(33)21-22(34-24(28-21)30-11-2-3-12-30)20(29-31)15-7-9-16(26)10-8-15/h4-10H,2-3,11-13H2,1H3,(H,27,32). The first-order valence-corrected chi connectivity index (χ1v) is 12.1. The lowest BCUT2D eigenvalue weighted by atomic mass is 10.1. The van der Waals surface area contributed by atoms with Gasteiger partial charge in [0.05, 0.1) is 4.70 Å². The van der Waals surface area contributed by atoms with Gasteiger partial charge in [0, 0.05) is 29.4 Å². The number of benzene rings is 2. The van der Waals surface area contributed by atoms with Gasteiger partial charge in [-0.3, -0.25) is 9.59 Å².